The fraction of sp³-hybridized carbons (Fsp3) is 0.316. The minimum absolute atomic E-state index is 0.00612. The first-order valence-corrected chi connectivity index (χ1v) is 8.43. The molecule has 0 fully saturated rings. The van der Waals surface area contributed by atoms with Gasteiger partial charge in [-0.15, -0.1) is 0 Å². The van der Waals surface area contributed by atoms with Crippen molar-refractivity contribution in [1.29, 1.82) is 0 Å². The van der Waals surface area contributed by atoms with Crippen LogP contribution >= 0.6 is 0 Å². The number of rotatable bonds is 6. The molecule has 27 heavy (non-hydrogen) atoms. The molecule has 8 heteroatoms. The number of nitrogens with zero attached hydrogens (tertiary/aromatic N) is 1. The quantitative estimate of drug-likeness (QED) is 0.720. The van der Waals surface area contributed by atoms with Gasteiger partial charge in [-0.3, -0.25) is 4.79 Å². The minimum atomic E-state index is -1.07. The fourth-order valence-corrected chi connectivity index (χ4v) is 2.52. The number of carbonyl (C=O) groups excluding carboxylic acids is 2. The number of carbonyl (C=O) groups is 3. The van der Waals surface area contributed by atoms with Gasteiger partial charge >= 0.3 is 12.0 Å². The van der Waals surface area contributed by atoms with Crippen molar-refractivity contribution in [3.63, 3.8) is 0 Å². The SMILES string of the molecule is Cc1oc(CN(C)C(=O)c2cccc(NC(=O)NC(C)C)c2)cc1C(=O)O. The Morgan fingerprint density at radius 3 is 2.52 bits per heavy atom. The average molecular weight is 373 g/mol. The van der Waals surface area contributed by atoms with Gasteiger partial charge in [0.2, 0.25) is 0 Å². The third kappa shape index (κ3) is 5.34. The first kappa shape index (κ1) is 20.0. The summed E-state index contributed by atoms with van der Waals surface area (Å²) in [6.07, 6.45) is 0. The summed E-state index contributed by atoms with van der Waals surface area (Å²) in [4.78, 5) is 36.9. The maximum atomic E-state index is 12.6. The smallest absolute Gasteiger partial charge is 0.339 e. The van der Waals surface area contributed by atoms with E-state index in [9.17, 15) is 14.4 Å². The molecule has 1 heterocycles. The second-order valence-electron chi connectivity index (χ2n) is 6.48. The molecule has 0 aliphatic rings. The summed E-state index contributed by atoms with van der Waals surface area (Å²) in [5.41, 5.74) is 0.962. The lowest BCUT2D eigenvalue weighted by Crippen LogP contribution is -2.34. The zero-order chi connectivity index (χ0) is 20.1. The number of aromatic carboxylic acids is 1. The fourth-order valence-electron chi connectivity index (χ4n) is 2.52. The van der Waals surface area contributed by atoms with Gasteiger partial charge in [-0.2, -0.15) is 0 Å². The van der Waals surface area contributed by atoms with E-state index >= 15 is 0 Å². The van der Waals surface area contributed by atoms with Gasteiger partial charge in [0, 0.05) is 24.3 Å². The highest BCUT2D eigenvalue weighted by Gasteiger charge is 2.18. The van der Waals surface area contributed by atoms with Gasteiger partial charge < -0.3 is 25.1 Å². The van der Waals surface area contributed by atoms with Crippen molar-refractivity contribution in [1.82, 2.24) is 10.2 Å². The highest BCUT2D eigenvalue weighted by Crippen LogP contribution is 2.18. The van der Waals surface area contributed by atoms with Crippen molar-refractivity contribution in [2.75, 3.05) is 12.4 Å². The van der Waals surface area contributed by atoms with E-state index < -0.39 is 5.97 Å². The molecule has 0 spiro atoms. The van der Waals surface area contributed by atoms with Crippen molar-refractivity contribution in [2.45, 2.75) is 33.4 Å². The van der Waals surface area contributed by atoms with E-state index in [2.05, 4.69) is 10.6 Å². The molecule has 0 unspecified atom stereocenters. The average Bonchev–Trinajstić information content (AvgIpc) is 2.94. The van der Waals surface area contributed by atoms with Crippen LogP contribution in [0.2, 0.25) is 0 Å². The molecule has 8 nitrogen and oxygen atoms in total. The van der Waals surface area contributed by atoms with Crippen molar-refractivity contribution in [3.8, 4) is 0 Å². The molecule has 0 atom stereocenters. The molecule has 2 rings (SSSR count). The number of anilines is 1. The van der Waals surface area contributed by atoms with Gasteiger partial charge in [0.15, 0.2) is 0 Å². The zero-order valence-corrected chi connectivity index (χ0v) is 15.7. The standard InChI is InChI=1S/C19H23N3O5/c1-11(2)20-19(26)21-14-7-5-6-13(8-14)17(23)22(4)10-15-9-16(18(24)25)12(3)27-15/h5-9,11H,10H2,1-4H3,(H,24,25)(H2,20,21,26). The van der Waals surface area contributed by atoms with Crippen LogP contribution < -0.4 is 10.6 Å². The number of carboxylic acids is 1. The van der Waals surface area contributed by atoms with E-state index in [1.807, 2.05) is 13.8 Å². The summed E-state index contributed by atoms with van der Waals surface area (Å²) >= 11 is 0. The number of hydrogen-bond donors (Lipinski definition) is 3. The second kappa shape index (κ2) is 8.39. The van der Waals surface area contributed by atoms with E-state index in [1.165, 1.54) is 11.0 Å². The molecule has 0 saturated heterocycles. The lowest BCUT2D eigenvalue weighted by molar-refractivity contribution is 0.0694. The number of nitrogens with one attached hydrogen (secondary N) is 2. The van der Waals surface area contributed by atoms with Crippen molar-refractivity contribution < 1.29 is 23.9 Å². The number of carboxylic acid groups (broad SMARTS) is 1. The number of hydrogen-bond acceptors (Lipinski definition) is 4. The number of amides is 3. The van der Waals surface area contributed by atoms with Crippen molar-refractivity contribution in [3.05, 3.63) is 53.0 Å². The molecule has 3 N–H and O–H groups in total. The lowest BCUT2D eigenvalue weighted by atomic mass is 10.1. The highest BCUT2D eigenvalue weighted by atomic mass is 16.4. The third-order valence-electron chi connectivity index (χ3n) is 3.73. The second-order valence-corrected chi connectivity index (χ2v) is 6.48. The summed E-state index contributed by atoms with van der Waals surface area (Å²) in [6, 6.07) is 7.63. The van der Waals surface area contributed by atoms with Crippen LogP contribution in [0.1, 0.15) is 46.1 Å². The number of furan rings is 1. The summed E-state index contributed by atoms with van der Waals surface area (Å²) < 4.78 is 5.41. The van der Waals surface area contributed by atoms with Crippen molar-refractivity contribution >= 4 is 23.6 Å². The largest absolute Gasteiger partial charge is 0.478 e. The van der Waals surface area contributed by atoms with Gasteiger partial charge in [0.25, 0.3) is 5.91 Å². The van der Waals surface area contributed by atoms with Crippen LogP contribution in [0.3, 0.4) is 0 Å². The summed E-state index contributed by atoms with van der Waals surface area (Å²) in [7, 11) is 1.59. The number of benzene rings is 1. The molecule has 1 aromatic carbocycles. The predicted molar refractivity (Wildman–Crippen MR) is 99.9 cm³/mol. The molecule has 3 amide bonds. The van der Waals surface area contributed by atoms with Gasteiger partial charge in [-0.1, -0.05) is 6.07 Å². The molecule has 0 saturated carbocycles. The van der Waals surface area contributed by atoms with Gasteiger partial charge in [0.1, 0.15) is 17.1 Å². The molecular weight excluding hydrogens is 350 g/mol. The Bertz CT molecular complexity index is 857. The molecule has 0 aliphatic carbocycles. The maximum Gasteiger partial charge on any atom is 0.339 e. The summed E-state index contributed by atoms with van der Waals surface area (Å²) in [5, 5.41) is 14.5. The Labute approximate surface area is 157 Å². The van der Waals surface area contributed by atoms with Crippen LogP contribution in [0.4, 0.5) is 10.5 Å². The van der Waals surface area contributed by atoms with Crippen molar-refractivity contribution in [2.24, 2.45) is 0 Å². The van der Waals surface area contributed by atoms with Gasteiger partial charge in [-0.05, 0) is 45.0 Å². The normalized spacial score (nSPS) is 10.6. The van der Waals surface area contributed by atoms with Crippen LogP contribution in [0.5, 0.6) is 0 Å². The molecular formula is C19H23N3O5. The van der Waals surface area contributed by atoms with Gasteiger partial charge in [-0.25, -0.2) is 9.59 Å². The topological polar surface area (TPSA) is 112 Å². The first-order chi connectivity index (χ1) is 12.7. The Morgan fingerprint density at radius 2 is 1.93 bits per heavy atom. The molecule has 1 aromatic heterocycles. The molecule has 2 aromatic rings. The Hall–Kier alpha value is -3.29. The highest BCUT2D eigenvalue weighted by molar-refractivity contribution is 5.96. The molecule has 0 aliphatic heterocycles. The van der Waals surface area contributed by atoms with Crippen LogP contribution in [0, 0.1) is 6.92 Å². The zero-order valence-electron chi connectivity index (χ0n) is 15.7. The molecule has 144 valence electrons. The van der Waals surface area contributed by atoms with E-state index in [0.717, 1.165) is 0 Å². The third-order valence-corrected chi connectivity index (χ3v) is 3.73. The van der Waals surface area contributed by atoms with E-state index in [4.69, 9.17) is 9.52 Å². The molecule has 0 radical (unpaired) electrons. The predicted octanol–water partition coefficient (Wildman–Crippen LogP) is 3.09. The van der Waals surface area contributed by atoms with E-state index in [1.54, 1.807) is 38.2 Å². The Morgan fingerprint density at radius 1 is 1.22 bits per heavy atom. The van der Waals surface area contributed by atoms with Crippen LogP contribution in [-0.2, 0) is 6.54 Å². The van der Waals surface area contributed by atoms with Gasteiger partial charge in [0.05, 0.1) is 6.54 Å². The van der Waals surface area contributed by atoms with Crippen LogP contribution in [0.25, 0.3) is 0 Å². The molecule has 0 bridgehead atoms. The Balaban J connectivity index is 2.08. The number of urea groups is 1. The monoisotopic (exact) mass is 373 g/mol. The number of aryl methyl sites for hydroxylation is 1. The summed E-state index contributed by atoms with van der Waals surface area (Å²) in [5.74, 6) is -0.684. The minimum Gasteiger partial charge on any atom is -0.478 e. The maximum absolute atomic E-state index is 12.6. The van der Waals surface area contributed by atoms with E-state index in [-0.39, 0.29) is 30.1 Å². The Kier molecular flexibility index (Phi) is 6.23. The van der Waals surface area contributed by atoms with Crippen LogP contribution in [-0.4, -0.2) is 41.0 Å². The van der Waals surface area contributed by atoms with Crippen LogP contribution in [0.15, 0.2) is 34.7 Å². The lowest BCUT2D eigenvalue weighted by Gasteiger charge is -2.16. The van der Waals surface area contributed by atoms with E-state index in [0.29, 0.717) is 22.8 Å². The first-order valence-electron chi connectivity index (χ1n) is 8.43. The summed E-state index contributed by atoms with van der Waals surface area (Å²) in [6.45, 7) is 5.38.